The van der Waals surface area contributed by atoms with Gasteiger partial charge < -0.3 is 12.4 Å². The Morgan fingerprint density at radius 2 is 1.88 bits per heavy atom. The molecule has 138 valence electrons. The molecule has 1 fully saturated rings. The van der Waals surface area contributed by atoms with E-state index in [0.29, 0.717) is 6.54 Å². The van der Waals surface area contributed by atoms with Gasteiger partial charge in [0.15, 0.2) is 5.82 Å². The highest BCUT2D eigenvalue weighted by Gasteiger charge is 2.30. The zero-order chi connectivity index (χ0) is 17.1. The van der Waals surface area contributed by atoms with Gasteiger partial charge >= 0.3 is 0 Å². The SMILES string of the molecule is CC1CCN(C(c2cccs2)c2nnnn2Cc2ccccc2)CC1.[Cl-]. The van der Waals surface area contributed by atoms with Crippen LogP contribution in [0.15, 0.2) is 47.8 Å². The zero-order valence-corrected chi connectivity index (χ0v) is 16.4. The molecule has 1 saturated heterocycles. The number of halogens is 1. The van der Waals surface area contributed by atoms with E-state index in [-0.39, 0.29) is 18.4 Å². The van der Waals surface area contributed by atoms with Crippen LogP contribution < -0.4 is 12.4 Å². The second-order valence-electron chi connectivity index (χ2n) is 6.82. The number of hydrogen-bond acceptors (Lipinski definition) is 5. The van der Waals surface area contributed by atoms with Gasteiger partial charge in [-0.25, -0.2) is 4.68 Å². The summed E-state index contributed by atoms with van der Waals surface area (Å²) in [6.07, 6.45) is 2.48. The van der Waals surface area contributed by atoms with Crippen molar-refractivity contribution in [3.8, 4) is 0 Å². The Morgan fingerprint density at radius 3 is 2.58 bits per heavy atom. The highest BCUT2D eigenvalue weighted by molar-refractivity contribution is 7.10. The highest BCUT2D eigenvalue weighted by atomic mass is 35.5. The fourth-order valence-electron chi connectivity index (χ4n) is 3.48. The van der Waals surface area contributed by atoms with Crippen molar-refractivity contribution in [1.82, 2.24) is 25.1 Å². The zero-order valence-electron chi connectivity index (χ0n) is 14.8. The molecule has 5 nitrogen and oxygen atoms in total. The topological polar surface area (TPSA) is 46.8 Å². The first kappa shape index (κ1) is 19.0. The Balaban J connectivity index is 0.00000196. The Kier molecular flexibility index (Phi) is 6.40. The molecule has 0 saturated carbocycles. The molecule has 2 aromatic heterocycles. The van der Waals surface area contributed by atoms with Crippen molar-refractivity contribution in [3.63, 3.8) is 0 Å². The number of piperidine rings is 1. The van der Waals surface area contributed by atoms with Crippen molar-refractivity contribution in [3.05, 3.63) is 64.1 Å². The highest BCUT2D eigenvalue weighted by Crippen LogP contribution is 2.33. The maximum absolute atomic E-state index is 4.43. The van der Waals surface area contributed by atoms with E-state index in [9.17, 15) is 0 Å². The van der Waals surface area contributed by atoms with Crippen LogP contribution in [0.4, 0.5) is 0 Å². The number of benzene rings is 1. The average molecular weight is 389 g/mol. The van der Waals surface area contributed by atoms with Gasteiger partial charge in [-0.15, -0.1) is 16.4 Å². The maximum atomic E-state index is 4.43. The molecular weight excluding hydrogens is 366 g/mol. The predicted octanol–water partition coefficient (Wildman–Crippen LogP) is 0.608. The van der Waals surface area contributed by atoms with E-state index in [0.717, 1.165) is 24.8 Å². The van der Waals surface area contributed by atoms with Gasteiger partial charge in [0, 0.05) is 4.88 Å². The van der Waals surface area contributed by atoms with Gasteiger partial charge in [0.05, 0.1) is 6.54 Å². The van der Waals surface area contributed by atoms with Crippen molar-refractivity contribution in [2.45, 2.75) is 32.4 Å². The third kappa shape index (κ3) is 4.14. The van der Waals surface area contributed by atoms with Crippen LogP contribution in [0.5, 0.6) is 0 Å². The normalized spacial score (nSPS) is 17.0. The lowest BCUT2D eigenvalue weighted by Crippen LogP contribution is -3.00. The second kappa shape index (κ2) is 8.75. The molecule has 1 aliphatic heterocycles. The van der Waals surface area contributed by atoms with E-state index in [1.54, 1.807) is 11.3 Å². The van der Waals surface area contributed by atoms with Crippen LogP contribution in [0.3, 0.4) is 0 Å². The summed E-state index contributed by atoms with van der Waals surface area (Å²) >= 11 is 1.79. The monoisotopic (exact) mass is 388 g/mol. The standard InChI is InChI=1S/C19H23N5S.ClH/c1-15-9-11-23(12-10-15)18(17-8-5-13-25-17)19-20-21-22-24(19)14-16-6-3-2-4-7-16;/h2-8,13,15,18H,9-12,14H2,1H3;1H/p-1. The summed E-state index contributed by atoms with van der Waals surface area (Å²) in [6, 6.07) is 14.9. The van der Waals surface area contributed by atoms with Gasteiger partial charge in [-0.05, 0) is 59.3 Å². The predicted molar refractivity (Wildman–Crippen MR) is 99.5 cm³/mol. The summed E-state index contributed by atoms with van der Waals surface area (Å²) < 4.78 is 1.96. The molecule has 4 rings (SSSR count). The summed E-state index contributed by atoms with van der Waals surface area (Å²) in [6.45, 7) is 5.25. The Morgan fingerprint density at radius 1 is 1.12 bits per heavy atom. The molecule has 0 spiro atoms. The first-order valence-corrected chi connectivity index (χ1v) is 9.76. The summed E-state index contributed by atoms with van der Waals surface area (Å²) in [7, 11) is 0. The summed E-state index contributed by atoms with van der Waals surface area (Å²) in [4.78, 5) is 3.86. The lowest BCUT2D eigenvalue weighted by molar-refractivity contribution is -0.00000530. The van der Waals surface area contributed by atoms with Gasteiger partial charge in [0.1, 0.15) is 6.04 Å². The van der Waals surface area contributed by atoms with Gasteiger partial charge in [-0.1, -0.05) is 43.3 Å². The number of likely N-dealkylation sites (tertiary alicyclic amines) is 1. The van der Waals surface area contributed by atoms with Crippen LogP contribution >= 0.6 is 11.3 Å². The Labute approximate surface area is 164 Å². The third-order valence-electron chi connectivity index (χ3n) is 4.98. The van der Waals surface area contributed by atoms with E-state index in [2.05, 4.69) is 69.1 Å². The van der Waals surface area contributed by atoms with Crippen LogP contribution in [0.25, 0.3) is 0 Å². The van der Waals surface area contributed by atoms with Crippen LogP contribution in [-0.2, 0) is 6.54 Å². The molecule has 0 aliphatic carbocycles. The Hall–Kier alpha value is -1.76. The molecular formula is C19H23ClN5S-. The first-order chi connectivity index (χ1) is 12.3. The number of aromatic nitrogens is 4. The minimum absolute atomic E-state index is 0. The van der Waals surface area contributed by atoms with E-state index < -0.39 is 0 Å². The minimum Gasteiger partial charge on any atom is -1.00 e. The fourth-order valence-corrected chi connectivity index (χ4v) is 4.34. The lowest BCUT2D eigenvalue weighted by Gasteiger charge is -2.35. The van der Waals surface area contributed by atoms with Gasteiger partial charge in [0.2, 0.25) is 0 Å². The first-order valence-electron chi connectivity index (χ1n) is 8.88. The van der Waals surface area contributed by atoms with Gasteiger partial charge in [-0.3, -0.25) is 4.90 Å². The van der Waals surface area contributed by atoms with Crippen LogP contribution in [0.1, 0.15) is 42.1 Å². The summed E-state index contributed by atoms with van der Waals surface area (Å²) in [5.74, 6) is 1.75. The molecule has 26 heavy (non-hydrogen) atoms. The molecule has 1 aliphatic rings. The molecule has 1 atom stereocenters. The minimum atomic E-state index is 0. The number of nitrogens with zero attached hydrogens (tertiary/aromatic N) is 5. The number of tetrazole rings is 1. The van der Waals surface area contributed by atoms with Crippen molar-refractivity contribution in [1.29, 1.82) is 0 Å². The van der Waals surface area contributed by atoms with Crippen molar-refractivity contribution >= 4 is 11.3 Å². The number of thiophene rings is 1. The largest absolute Gasteiger partial charge is 1.00 e. The fraction of sp³-hybridized carbons (Fsp3) is 0.421. The van der Waals surface area contributed by atoms with E-state index in [4.69, 9.17) is 0 Å². The average Bonchev–Trinajstić information content (AvgIpc) is 3.31. The molecule has 0 radical (unpaired) electrons. The molecule has 0 amide bonds. The lowest BCUT2D eigenvalue weighted by atomic mass is 9.97. The van der Waals surface area contributed by atoms with Crippen LogP contribution in [0.2, 0.25) is 0 Å². The van der Waals surface area contributed by atoms with E-state index in [1.807, 2.05) is 10.7 Å². The van der Waals surface area contributed by atoms with Gasteiger partial charge in [-0.2, -0.15) is 0 Å². The second-order valence-corrected chi connectivity index (χ2v) is 7.80. The Bertz CT molecular complexity index is 781. The third-order valence-corrected chi connectivity index (χ3v) is 5.90. The molecule has 3 aromatic rings. The molecule has 0 N–H and O–H groups in total. The maximum Gasteiger partial charge on any atom is 0.174 e. The smallest absolute Gasteiger partial charge is 0.174 e. The summed E-state index contributed by atoms with van der Waals surface area (Å²) in [5, 5.41) is 14.9. The molecule has 3 heterocycles. The molecule has 1 aromatic carbocycles. The number of rotatable bonds is 5. The molecule has 7 heteroatoms. The number of hydrogen-bond donors (Lipinski definition) is 0. The van der Waals surface area contributed by atoms with Crippen LogP contribution in [0, 0.1) is 5.92 Å². The quantitative estimate of drug-likeness (QED) is 0.642. The van der Waals surface area contributed by atoms with Crippen molar-refractivity contribution < 1.29 is 12.4 Å². The van der Waals surface area contributed by atoms with Crippen molar-refractivity contribution in [2.75, 3.05) is 13.1 Å². The van der Waals surface area contributed by atoms with E-state index >= 15 is 0 Å². The van der Waals surface area contributed by atoms with Crippen LogP contribution in [-0.4, -0.2) is 38.2 Å². The van der Waals surface area contributed by atoms with Crippen molar-refractivity contribution in [2.24, 2.45) is 5.92 Å². The van der Waals surface area contributed by atoms with E-state index in [1.165, 1.54) is 23.3 Å². The molecule has 1 unspecified atom stereocenters. The summed E-state index contributed by atoms with van der Waals surface area (Å²) in [5.41, 5.74) is 1.22. The van der Waals surface area contributed by atoms with Gasteiger partial charge in [0.25, 0.3) is 0 Å². The molecule has 0 bridgehead atoms.